The molecule has 0 aliphatic heterocycles. The van der Waals surface area contributed by atoms with Crippen molar-refractivity contribution in [1.29, 1.82) is 0 Å². The average molecular weight is 278 g/mol. The highest BCUT2D eigenvalue weighted by Crippen LogP contribution is 2.19. The van der Waals surface area contributed by atoms with E-state index in [1.54, 1.807) is 32.4 Å². The molecule has 5 nitrogen and oxygen atoms in total. The predicted molar refractivity (Wildman–Crippen MR) is 78.9 cm³/mol. The number of hydrogen-bond donors (Lipinski definition) is 2. The third kappa shape index (κ3) is 4.66. The topological polar surface area (TPSA) is 67.4 Å². The summed E-state index contributed by atoms with van der Waals surface area (Å²) in [6.07, 6.45) is 2.10. The number of anilines is 1. The molecule has 0 unspecified atom stereocenters. The second-order valence-corrected chi connectivity index (χ2v) is 4.56. The number of rotatable bonds is 7. The van der Waals surface area contributed by atoms with Crippen LogP contribution in [0.15, 0.2) is 18.2 Å². The van der Waals surface area contributed by atoms with Crippen molar-refractivity contribution in [2.75, 3.05) is 26.1 Å². The van der Waals surface area contributed by atoms with E-state index in [0.29, 0.717) is 24.3 Å². The van der Waals surface area contributed by atoms with E-state index in [1.807, 2.05) is 6.92 Å². The number of hydrogen-bond acceptors (Lipinski definition) is 3. The Bertz CT molecular complexity index is 472. The van der Waals surface area contributed by atoms with Crippen LogP contribution >= 0.6 is 0 Å². The van der Waals surface area contributed by atoms with Gasteiger partial charge < -0.3 is 15.4 Å². The third-order valence-corrected chi connectivity index (χ3v) is 3.08. The minimum Gasteiger partial charge on any atom is -0.385 e. The molecule has 2 amide bonds. The van der Waals surface area contributed by atoms with E-state index in [2.05, 4.69) is 10.6 Å². The maximum atomic E-state index is 11.8. The number of carbonyl (C=O) groups excluding carboxylic acids is 2. The lowest BCUT2D eigenvalue weighted by Gasteiger charge is -2.11. The van der Waals surface area contributed by atoms with Crippen molar-refractivity contribution >= 4 is 17.5 Å². The summed E-state index contributed by atoms with van der Waals surface area (Å²) in [6, 6.07) is 5.30. The van der Waals surface area contributed by atoms with Gasteiger partial charge in [0.25, 0.3) is 5.91 Å². The van der Waals surface area contributed by atoms with Gasteiger partial charge in [-0.15, -0.1) is 0 Å². The van der Waals surface area contributed by atoms with Crippen LogP contribution in [0.25, 0.3) is 0 Å². The third-order valence-electron chi connectivity index (χ3n) is 3.08. The van der Waals surface area contributed by atoms with Gasteiger partial charge in [0, 0.05) is 38.4 Å². The fourth-order valence-corrected chi connectivity index (χ4v) is 1.90. The van der Waals surface area contributed by atoms with Gasteiger partial charge in [-0.3, -0.25) is 9.59 Å². The number of amides is 2. The van der Waals surface area contributed by atoms with E-state index in [4.69, 9.17) is 4.74 Å². The van der Waals surface area contributed by atoms with Gasteiger partial charge in [-0.25, -0.2) is 0 Å². The zero-order chi connectivity index (χ0) is 15.0. The van der Waals surface area contributed by atoms with E-state index >= 15 is 0 Å². The number of nitrogens with one attached hydrogen (secondary N) is 2. The monoisotopic (exact) mass is 278 g/mol. The average Bonchev–Trinajstić information content (AvgIpc) is 2.45. The van der Waals surface area contributed by atoms with Crippen molar-refractivity contribution in [2.24, 2.45) is 0 Å². The fourth-order valence-electron chi connectivity index (χ4n) is 1.90. The van der Waals surface area contributed by atoms with Crippen molar-refractivity contribution in [3.63, 3.8) is 0 Å². The number of unbranched alkanes of at least 4 members (excludes halogenated alkanes) is 1. The van der Waals surface area contributed by atoms with Crippen LogP contribution in [0.1, 0.15) is 35.2 Å². The summed E-state index contributed by atoms with van der Waals surface area (Å²) in [7, 11) is 3.23. The first kappa shape index (κ1) is 16.2. The van der Waals surface area contributed by atoms with E-state index in [-0.39, 0.29) is 11.8 Å². The second-order valence-electron chi connectivity index (χ2n) is 4.56. The Balaban J connectivity index is 2.64. The number of carbonyl (C=O) groups is 2. The van der Waals surface area contributed by atoms with Gasteiger partial charge in [0.05, 0.1) is 0 Å². The summed E-state index contributed by atoms with van der Waals surface area (Å²) in [5.74, 6) is -0.197. The van der Waals surface area contributed by atoms with Crippen molar-refractivity contribution in [3.8, 4) is 0 Å². The molecule has 1 aromatic carbocycles. The van der Waals surface area contributed by atoms with Crippen LogP contribution in [0.3, 0.4) is 0 Å². The molecule has 0 aliphatic carbocycles. The van der Waals surface area contributed by atoms with Crippen molar-refractivity contribution in [3.05, 3.63) is 29.3 Å². The van der Waals surface area contributed by atoms with Crippen molar-refractivity contribution < 1.29 is 14.3 Å². The first-order valence-electron chi connectivity index (χ1n) is 6.70. The number of methoxy groups -OCH3 is 1. The second kappa shape index (κ2) is 8.32. The zero-order valence-electron chi connectivity index (χ0n) is 12.3. The van der Waals surface area contributed by atoms with Crippen LogP contribution < -0.4 is 10.6 Å². The van der Waals surface area contributed by atoms with E-state index < -0.39 is 0 Å². The van der Waals surface area contributed by atoms with Gasteiger partial charge >= 0.3 is 0 Å². The van der Waals surface area contributed by atoms with Gasteiger partial charge in [-0.05, 0) is 37.5 Å². The molecule has 0 saturated heterocycles. The molecule has 2 N–H and O–H groups in total. The van der Waals surface area contributed by atoms with Gasteiger partial charge in [-0.2, -0.15) is 0 Å². The minimum absolute atomic E-state index is 0.0433. The van der Waals surface area contributed by atoms with Crippen LogP contribution in [0.2, 0.25) is 0 Å². The Labute approximate surface area is 119 Å². The van der Waals surface area contributed by atoms with Crippen LogP contribution in [0.5, 0.6) is 0 Å². The lowest BCUT2D eigenvalue weighted by Crippen LogP contribution is -2.20. The number of ether oxygens (including phenoxy) is 1. The summed E-state index contributed by atoms with van der Waals surface area (Å²) < 4.78 is 4.94. The highest BCUT2D eigenvalue weighted by atomic mass is 16.5. The van der Waals surface area contributed by atoms with Crippen molar-refractivity contribution in [1.82, 2.24) is 5.32 Å². The molecule has 0 spiro atoms. The maximum absolute atomic E-state index is 11.8. The Kier molecular flexibility index (Phi) is 6.73. The normalized spacial score (nSPS) is 10.2. The molecule has 1 rings (SSSR count). The molecule has 1 aromatic rings. The molecule has 110 valence electrons. The molecule has 0 aliphatic rings. The van der Waals surface area contributed by atoms with Gasteiger partial charge in [0.2, 0.25) is 5.91 Å². The molecule has 0 aromatic heterocycles. The maximum Gasteiger partial charge on any atom is 0.251 e. The molecular formula is C15H22N2O3. The van der Waals surface area contributed by atoms with Gasteiger partial charge in [-0.1, -0.05) is 6.07 Å². The standard InChI is InChI=1S/C15H22N2O3/c1-11-12(15(19)16-2)7-6-8-13(11)17-14(18)9-4-5-10-20-3/h6-8H,4-5,9-10H2,1-3H3,(H,16,19)(H,17,18). The summed E-state index contributed by atoms with van der Waals surface area (Å²) in [5, 5.41) is 5.43. The van der Waals surface area contributed by atoms with E-state index in [0.717, 1.165) is 18.4 Å². The summed E-state index contributed by atoms with van der Waals surface area (Å²) in [6.45, 7) is 2.49. The van der Waals surface area contributed by atoms with Gasteiger partial charge in [0.1, 0.15) is 0 Å². The Hall–Kier alpha value is -1.88. The molecule has 0 heterocycles. The Morgan fingerprint density at radius 2 is 2.00 bits per heavy atom. The molecule has 0 bridgehead atoms. The largest absolute Gasteiger partial charge is 0.385 e. The quantitative estimate of drug-likeness (QED) is 0.751. The van der Waals surface area contributed by atoms with Crippen LogP contribution in [-0.2, 0) is 9.53 Å². The van der Waals surface area contributed by atoms with Crippen LogP contribution in [0.4, 0.5) is 5.69 Å². The lowest BCUT2D eigenvalue weighted by molar-refractivity contribution is -0.116. The molecular weight excluding hydrogens is 256 g/mol. The SMILES string of the molecule is CNC(=O)c1cccc(NC(=O)CCCCOC)c1C. The van der Waals surface area contributed by atoms with Gasteiger partial charge in [0.15, 0.2) is 0 Å². The molecule has 0 fully saturated rings. The first-order valence-corrected chi connectivity index (χ1v) is 6.70. The summed E-state index contributed by atoms with van der Waals surface area (Å²) >= 11 is 0. The highest BCUT2D eigenvalue weighted by Gasteiger charge is 2.11. The Morgan fingerprint density at radius 1 is 1.25 bits per heavy atom. The number of benzene rings is 1. The first-order chi connectivity index (χ1) is 9.60. The van der Waals surface area contributed by atoms with Crippen LogP contribution in [-0.4, -0.2) is 32.6 Å². The molecule has 20 heavy (non-hydrogen) atoms. The smallest absolute Gasteiger partial charge is 0.251 e. The fraction of sp³-hybridized carbons (Fsp3) is 0.467. The molecule has 0 atom stereocenters. The zero-order valence-corrected chi connectivity index (χ0v) is 12.3. The van der Waals surface area contributed by atoms with E-state index in [9.17, 15) is 9.59 Å². The van der Waals surface area contributed by atoms with E-state index in [1.165, 1.54) is 0 Å². The lowest BCUT2D eigenvalue weighted by atomic mass is 10.1. The van der Waals surface area contributed by atoms with Crippen LogP contribution in [0, 0.1) is 6.92 Å². The summed E-state index contributed by atoms with van der Waals surface area (Å²) in [4.78, 5) is 23.5. The Morgan fingerprint density at radius 3 is 2.65 bits per heavy atom. The molecule has 0 saturated carbocycles. The predicted octanol–water partition coefficient (Wildman–Crippen LogP) is 2.11. The summed E-state index contributed by atoms with van der Waals surface area (Å²) in [5.41, 5.74) is 2.03. The molecule has 0 radical (unpaired) electrons. The minimum atomic E-state index is -0.154. The van der Waals surface area contributed by atoms with Crippen molar-refractivity contribution in [2.45, 2.75) is 26.2 Å². The molecule has 5 heteroatoms. The highest BCUT2D eigenvalue weighted by molar-refractivity contribution is 5.99.